The molecule has 0 atom stereocenters. The molecule has 0 bridgehead atoms. The predicted molar refractivity (Wildman–Crippen MR) is 56.5 cm³/mol. The summed E-state index contributed by atoms with van der Waals surface area (Å²) in [6.45, 7) is 0. The van der Waals surface area contributed by atoms with Crippen LogP contribution in [0.1, 0.15) is 27.9 Å². The molecule has 0 spiro atoms. The van der Waals surface area contributed by atoms with Gasteiger partial charge in [-0.05, 0) is 11.6 Å². The summed E-state index contributed by atoms with van der Waals surface area (Å²) < 4.78 is 37.7. The standard InChI is InChI=1S/C12H9F3O2/c13-12(14,15)11-7-9(3-1-2-6-16)4-5-10(11)8-17/h1,3-8H,2H2. The van der Waals surface area contributed by atoms with Crippen LogP contribution in [0.25, 0.3) is 6.08 Å². The molecular formula is C12H9F3O2. The molecule has 0 heterocycles. The van der Waals surface area contributed by atoms with Crippen LogP contribution in [-0.2, 0) is 11.0 Å². The van der Waals surface area contributed by atoms with Crippen LogP contribution >= 0.6 is 0 Å². The average Bonchev–Trinajstić information content (AvgIpc) is 2.28. The van der Waals surface area contributed by atoms with Gasteiger partial charge in [0.1, 0.15) is 6.29 Å². The fourth-order valence-corrected chi connectivity index (χ4v) is 1.29. The molecule has 5 heteroatoms. The summed E-state index contributed by atoms with van der Waals surface area (Å²) in [5.41, 5.74) is -1.07. The lowest BCUT2D eigenvalue weighted by Gasteiger charge is -2.09. The van der Waals surface area contributed by atoms with Gasteiger partial charge in [0.25, 0.3) is 0 Å². The van der Waals surface area contributed by atoms with Crippen LogP contribution < -0.4 is 0 Å². The third-order valence-corrected chi connectivity index (χ3v) is 2.05. The second-order valence-corrected chi connectivity index (χ2v) is 3.27. The molecule has 0 amide bonds. The summed E-state index contributed by atoms with van der Waals surface area (Å²) >= 11 is 0. The van der Waals surface area contributed by atoms with E-state index in [2.05, 4.69) is 0 Å². The Balaban J connectivity index is 3.13. The van der Waals surface area contributed by atoms with Crippen LogP contribution in [0.15, 0.2) is 24.3 Å². The molecule has 0 aliphatic carbocycles. The molecule has 17 heavy (non-hydrogen) atoms. The van der Waals surface area contributed by atoms with Crippen LogP contribution in [0.3, 0.4) is 0 Å². The summed E-state index contributed by atoms with van der Waals surface area (Å²) in [6.07, 6.45) is -0.772. The Morgan fingerprint density at radius 3 is 2.41 bits per heavy atom. The maximum absolute atomic E-state index is 12.6. The molecule has 0 unspecified atom stereocenters. The van der Waals surface area contributed by atoms with Crippen molar-refractivity contribution in [2.24, 2.45) is 0 Å². The molecule has 0 saturated heterocycles. The molecule has 90 valence electrons. The van der Waals surface area contributed by atoms with E-state index in [4.69, 9.17) is 0 Å². The first-order valence-corrected chi connectivity index (χ1v) is 4.75. The Morgan fingerprint density at radius 1 is 1.18 bits per heavy atom. The molecule has 0 aromatic heterocycles. The molecule has 0 aliphatic heterocycles. The summed E-state index contributed by atoms with van der Waals surface area (Å²) in [7, 11) is 0. The van der Waals surface area contributed by atoms with E-state index in [0.717, 1.165) is 12.1 Å². The molecule has 1 aromatic rings. The van der Waals surface area contributed by atoms with Crippen LogP contribution in [0.2, 0.25) is 0 Å². The number of carbonyl (C=O) groups excluding carboxylic acids is 2. The normalized spacial score (nSPS) is 11.7. The average molecular weight is 242 g/mol. The highest BCUT2D eigenvalue weighted by molar-refractivity contribution is 5.78. The minimum absolute atomic E-state index is 0.136. The van der Waals surface area contributed by atoms with E-state index in [1.54, 1.807) is 0 Å². The zero-order chi connectivity index (χ0) is 12.9. The number of hydrogen-bond donors (Lipinski definition) is 0. The zero-order valence-corrected chi connectivity index (χ0v) is 8.70. The first-order valence-electron chi connectivity index (χ1n) is 4.75. The first-order chi connectivity index (χ1) is 7.99. The number of hydrogen-bond acceptors (Lipinski definition) is 2. The van der Waals surface area contributed by atoms with Crippen LogP contribution in [0.4, 0.5) is 13.2 Å². The molecule has 0 fully saturated rings. The fourth-order valence-electron chi connectivity index (χ4n) is 1.29. The van der Waals surface area contributed by atoms with E-state index in [0.29, 0.717) is 11.8 Å². The van der Waals surface area contributed by atoms with Crippen molar-refractivity contribution in [2.45, 2.75) is 12.6 Å². The summed E-state index contributed by atoms with van der Waals surface area (Å²) in [6, 6.07) is 3.38. The highest BCUT2D eigenvalue weighted by atomic mass is 19.4. The largest absolute Gasteiger partial charge is 0.417 e. The van der Waals surface area contributed by atoms with Gasteiger partial charge in [-0.2, -0.15) is 13.2 Å². The van der Waals surface area contributed by atoms with Crippen molar-refractivity contribution in [1.82, 2.24) is 0 Å². The highest BCUT2D eigenvalue weighted by Crippen LogP contribution is 2.32. The lowest BCUT2D eigenvalue weighted by atomic mass is 10.0. The lowest BCUT2D eigenvalue weighted by molar-refractivity contribution is -0.137. The van der Waals surface area contributed by atoms with E-state index in [-0.39, 0.29) is 12.7 Å². The minimum Gasteiger partial charge on any atom is -0.303 e. The molecule has 1 rings (SSSR count). The Hall–Kier alpha value is -1.91. The summed E-state index contributed by atoms with van der Waals surface area (Å²) in [5.74, 6) is 0. The van der Waals surface area contributed by atoms with Gasteiger partial charge in [-0.15, -0.1) is 0 Å². The quantitative estimate of drug-likeness (QED) is 0.760. The Kier molecular flexibility index (Phi) is 4.20. The van der Waals surface area contributed by atoms with Crippen molar-refractivity contribution in [2.75, 3.05) is 0 Å². The lowest BCUT2D eigenvalue weighted by Crippen LogP contribution is -2.09. The summed E-state index contributed by atoms with van der Waals surface area (Å²) in [5, 5.41) is 0. The van der Waals surface area contributed by atoms with E-state index in [9.17, 15) is 22.8 Å². The van der Waals surface area contributed by atoms with Crippen molar-refractivity contribution in [3.05, 3.63) is 41.0 Å². The van der Waals surface area contributed by atoms with Gasteiger partial charge in [-0.3, -0.25) is 4.79 Å². The number of benzene rings is 1. The monoisotopic (exact) mass is 242 g/mol. The number of halogens is 3. The van der Waals surface area contributed by atoms with Gasteiger partial charge in [-0.25, -0.2) is 0 Å². The topological polar surface area (TPSA) is 34.1 Å². The number of alkyl halides is 3. The third-order valence-electron chi connectivity index (χ3n) is 2.05. The predicted octanol–water partition coefficient (Wildman–Crippen LogP) is 3.12. The van der Waals surface area contributed by atoms with Gasteiger partial charge in [0.15, 0.2) is 6.29 Å². The van der Waals surface area contributed by atoms with E-state index in [1.807, 2.05) is 0 Å². The number of carbonyl (C=O) groups is 2. The number of allylic oxidation sites excluding steroid dienone is 1. The van der Waals surface area contributed by atoms with E-state index >= 15 is 0 Å². The SMILES string of the molecule is O=CCC=Cc1ccc(C=O)c(C(F)(F)F)c1. The zero-order valence-electron chi connectivity index (χ0n) is 8.70. The van der Waals surface area contributed by atoms with E-state index < -0.39 is 17.3 Å². The Labute approximate surface area is 95.8 Å². The van der Waals surface area contributed by atoms with Gasteiger partial charge in [0.05, 0.1) is 5.56 Å². The van der Waals surface area contributed by atoms with Gasteiger partial charge < -0.3 is 4.79 Å². The molecule has 2 nitrogen and oxygen atoms in total. The summed E-state index contributed by atoms with van der Waals surface area (Å²) in [4.78, 5) is 20.5. The molecule has 0 radical (unpaired) electrons. The van der Waals surface area contributed by atoms with Crippen LogP contribution in [-0.4, -0.2) is 12.6 Å². The van der Waals surface area contributed by atoms with Crippen molar-refractivity contribution in [1.29, 1.82) is 0 Å². The number of aldehydes is 2. The van der Waals surface area contributed by atoms with E-state index in [1.165, 1.54) is 18.2 Å². The van der Waals surface area contributed by atoms with Gasteiger partial charge in [-0.1, -0.05) is 24.3 Å². The molecular weight excluding hydrogens is 233 g/mol. The molecule has 1 aromatic carbocycles. The maximum Gasteiger partial charge on any atom is 0.417 e. The maximum atomic E-state index is 12.6. The smallest absolute Gasteiger partial charge is 0.303 e. The van der Waals surface area contributed by atoms with Crippen molar-refractivity contribution in [3.8, 4) is 0 Å². The molecule has 0 aliphatic rings. The minimum atomic E-state index is -4.56. The second kappa shape index (κ2) is 5.43. The van der Waals surface area contributed by atoms with Gasteiger partial charge >= 0.3 is 6.18 Å². The van der Waals surface area contributed by atoms with Crippen molar-refractivity contribution in [3.63, 3.8) is 0 Å². The fraction of sp³-hybridized carbons (Fsp3) is 0.167. The van der Waals surface area contributed by atoms with Crippen molar-refractivity contribution < 1.29 is 22.8 Å². The highest BCUT2D eigenvalue weighted by Gasteiger charge is 2.33. The first kappa shape index (κ1) is 13.2. The van der Waals surface area contributed by atoms with Gasteiger partial charge in [0, 0.05) is 12.0 Å². The van der Waals surface area contributed by atoms with Crippen LogP contribution in [0, 0.1) is 0 Å². The molecule has 0 N–H and O–H groups in total. The Bertz CT molecular complexity index is 448. The van der Waals surface area contributed by atoms with Crippen LogP contribution in [0.5, 0.6) is 0 Å². The number of rotatable bonds is 4. The van der Waals surface area contributed by atoms with Crippen molar-refractivity contribution >= 4 is 18.6 Å². The Morgan fingerprint density at radius 2 is 1.88 bits per heavy atom. The molecule has 0 saturated carbocycles. The van der Waals surface area contributed by atoms with Gasteiger partial charge in [0.2, 0.25) is 0 Å². The third kappa shape index (κ3) is 3.55. The second-order valence-electron chi connectivity index (χ2n) is 3.27.